The van der Waals surface area contributed by atoms with E-state index in [0.717, 1.165) is 39.4 Å². The third kappa shape index (κ3) is 12.9. The summed E-state index contributed by atoms with van der Waals surface area (Å²) in [6.45, 7) is 7.57. The Morgan fingerprint density at radius 1 is 0.629 bits per heavy atom. The summed E-state index contributed by atoms with van der Waals surface area (Å²) in [6.07, 6.45) is 1.78. The molecule has 0 saturated heterocycles. The van der Waals surface area contributed by atoms with Crippen molar-refractivity contribution in [3.05, 3.63) is 65.2 Å². The Balaban J connectivity index is 1.90. The van der Waals surface area contributed by atoms with Gasteiger partial charge in [-0.2, -0.15) is 0 Å². The highest BCUT2D eigenvalue weighted by atomic mass is 16.5. The second-order valence-electron chi connectivity index (χ2n) is 14.7. The van der Waals surface area contributed by atoms with Crippen LogP contribution in [0.15, 0.2) is 48.5 Å². The van der Waals surface area contributed by atoms with Crippen LogP contribution in [0.4, 0.5) is 22.7 Å². The number of carbonyl (C=O) groups is 5. The summed E-state index contributed by atoms with van der Waals surface area (Å²) in [5.41, 5.74) is 6.03. The van der Waals surface area contributed by atoms with Crippen molar-refractivity contribution < 1.29 is 57.1 Å². The highest BCUT2D eigenvalue weighted by Gasteiger charge is 2.34. The van der Waals surface area contributed by atoms with Crippen LogP contribution in [-0.2, 0) is 47.7 Å². The molecule has 0 radical (unpaired) electrons. The molecule has 0 amide bonds. The molecule has 4 rings (SSSR count). The Morgan fingerprint density at radius 3 is 1.63 bits per heavy atom. The third-order valence-corrected chi connectivity index (χ3v) is 10.7. The van der Waals surface area contributed by atoms with E-state index in [0.29, 0.717) is 75.8 Å². The van der Waals surface area contributed by atoms with Gasteiger partial charge in [-0.3, -0.25) is 24.0 Å². The van der Waals surface area contributed by atoms with E-state index >= 15 is 0 Å². The monoisotopic (exact) mass is 862 g/mol. The molecule has 62 heavy (non-hydrogen) atoms. The minimum atomic E-state index is -0.387. The maximum atomic E-state index is 12.3. The van der Waals surface area contributed by atoms with Gasteiger partial charge >= 0.3 is 23.9 Å². The Labute approximate surface area is 364 Å². The molecule has 0 spiro atoms. The molecule has 1 aliphatic rings. The van der Waals surface area contributed by atoms with Crippen LogP contribution in [0.25, 0.3) is 0 Å². The Kier molecular flexibility index (Phi) is 19.0. The van der Waals surface area contributed by atoms with Crippen molar-refractivity contribution in [3.63, 3.8) is 0 Å². The predicted octanol–water partition coefficient (Wildman–Crippen LogP) is 6.08. The van der Waals surface area contributed by atoms with Crippen LogP contribution in [-0.4, -0.2) is 125 Å². The number of fused-ring (bicyclic) bond motifs is 2. The molecule has 0 aliphatic carbocycles. The first-order valence-electron chi connectivity index (χ1n) is 20.9. The lowest BCUT2D eigenvalue weighted by atomic mass is 9.81. The Hall–Kier alpha value is -6.19. The summed E-state index contributed by atoms with van der Waals surface area (Å²) in [6, 6.07) is 16.0. The van der Waals surface area contributed by atoms with Gasteiger partial charge in [0.1, 0.15) is 17.2 Å². The second kappa shape index (κ2) is 24.3. The van der Waals surface area contributed by atoms with Crippen molar-refractivity contribution in [3.8, 4) is 17.2 Å². The number of anilines is 4. The van der Waals surface area contributed by atoms with E-state index in [9.17, 15) is 24.0 Å². The number of nitrogens with zero attached hydrogens (tertiary/aromatic N) is 4. The molecule has 3 aromatic carbocycles. The molecular weight excluding hydrogens is 801 g/mol. The molecule has 16 nitrogen and oxygen atoms in total. The molecular formula is C46H62N4O12. The van der Waals surface area contributed by atoms with Crippen molar-refractivity contribution >= 4 is 53.1 Å². The lowest BCUT2D eigenvalue weighted by Gasteiger charge is -2.34. The van der Waals surface area contributed by atoms with Crippen LogP contribution in [0, 0.1) is 0 Å². The SMILES string of the molecule is CCOC(=O)CCCN(CC)c1cc(OC)c(C2c3ccc(N(CCCOC=O)CCC(=O)OC)cc3Oc3cc(N(CCC(=O)OC)CCC(=O)OC)ccc32)cc1N(C)C. The highest BCUT2D eigenvalue weighted by Crippen LogP contribution is 2.52. The summed E-state index contributed by atoms with van der Waals surface area (Å²) in [7, 11) is 9.66. The summed E-state index contributed by atoms with van der Waals surface area (Å²) < 4.78 is 37.9. The second-order valence-corrected chi connectivity index (χ2v) is 14.7. The van der Waals surface area contributed by atoms with E-state index in [2.05, 4.69) is 22.8 Å². The van der Waals surface area contributed by atoms with Gasteiger partial charge in [-0.1, -0.05) is 12.1 Å². The quantitative estimate of drug-likeness (QED) is 0.0309. The molecule has 0 bridgehead atoms. The van der Waals surface area contributed by atoms with Gasteiger partial charge in [0.25, 0.3) is 6.47 Å². The van der Waals surface area contributed by atoms with E-state index in [1.54, 1.807) is 14.0 Å². The molecule has 1 heterocycles. The van der Waals surface area contributed by atoms with E-state index in [1.807, 2.05) is 66.4 Å². The molecule has 338 valence electrons. The number of rotatable bonds is 26. The number of methoxy groups -OCH3 is 4. The van der Waals surface area contributed by atoms with Gasteiger partial charge < -0.3 is 52.8 Å². The maximum absolute atomic E-state index is 12.3. The molecule has 1 atom stereocenters. The molecule has 3 aromatic rings. The van der Waals surface area contributed by atoms with Gasteiger partial charge in [-0.25, -0.2) is 0 Å². The lowest BCUT2D eigenvalue weighted by Crippen LogP contribution is -2.29. The average Bonchev–Trinajstić information content (AvgIpc) is 3.28. The summed E-state index contributed by atoms with van der Waals surface area (Å²) >= 11 is 0. The number of hydrogen-bond donors (Lipinski definition) is 0. The van der Waals surface area contributed by atoms with Crippen molar-refractivity contribution in [2.75, 3.05) is 115 Å². The molecule has 0 aromatic heterocycles. The Morgan fingerprint density at radius 2 is 1.16 bits per heavy atom. The minimum Gasteiger partial charge on any atom is -0.496 e. The molecule has 1 aliphatic heterocycles. The summed E-state index contributed by atoms with van der Waals surface area (Å²) in [5.74, 6) is 0.0582. The smallest absolute Gasteiger partial charge is 0.307 e. The zero-order chi connectivity index (χ0) is 45.2. The predicted molar refractivity (Wildman–Crippen MR) is 236 cm³/mol. The van der Waals surface area contributed by atoms with E-state index < -0.39 is 0 Å². The van der Waals surface area contributed by atoms with E-state index in [1.165, 1.54) is 21.3 Å². The number of ether oxygens (including phenoxy) is 7. The summed E-state index contributed by atoms with van der Waals surface area (Å²) in [5, 5.41) is 0. The van der Waals surface area contributed by atoms with Crippen LogP contribution < -0.4 is 29.1 Å². The van der Waals surface area contributed by atoms with Gasteiger partial charge in [0.05, 0.1) is 72.3 Å². The molecule has 16 heteroatoms. The van der Waals surface area contributed by atoms with Crippen molar-refractivity contribution in [2.45, 2.75) is 58.3 Å². The zero-order valence-electron chi connectivity index (χ0n) is 37.4. The number of esters is 4. The van der Waals surface area contributed by atoms with Gasteiger partial charge in [0, 0.05) is 112 Å². The standard InChI is InChI=1S/C46H62N4O12/c1-9-48(21-11-13-45(55)61-10-2)38-30-39(56-5)36(29-37(38)47(3)4)46-34-16-14-32(49(22-12-26-60-31-51)23-18-42(52)57-6)27-40(34)62-41-28-33(15-17-35(41)46)50(24-19-43(53)58-7)25-20-44(54)59-8/h14-17,27-31,46H,9-13,18-26H2,1-8H3. The molecule has 0 saturated carbocycles. The largest absolute Gasteiger partial charge is 0.496 e. The van der Waals surface area contributed by atoms with Crippen LogP contribution in [0.5, 0.6) is 17.2 Å². The number of hydrogen-bond acceptors (Lipinski definition) is 16. The van der Waals surface area contributed by atoms with Crippen molar-refractivity contribution in [2.24, 2.45) is 0 Å². The number of carbonyl (C=O) groups excluding carboxylic acids is 5. The van der Waals surface area contributed by atoms with E-state index in [-0.39, 0.29) is 68.8 Å². The zero-order valence-corrected chi connectivity index (χ0v) is 37.4. The Bertz CT molecular complexity index is 1970. The highest BCUT2D eigenvalue weighted by molar-refractivity contribution is 5.78. The third-order valence-electron chi connectivity index (χ3n) is 10.7. The fraction of sp³-hybridized carbons (Fsp3) is 0.500. The van der Waals surface area contributed by atoms with Gasteiger partial charge in [-0.15, -0.1) is 0 Å². The van der Waals surface area contributed by atoms with Crippen LogP contribution in [0.2, 0.25) is 0 Å². The topological polar surface area (TPSA) is 163 Å². The molecule has 0 N–H and O–H groups in total. The molecule has 0 fully saturated rings. The summed E-state index contributed by atoms with van der Waals surface area (Å²) in [4.78, 5) is 68.1. The minimum absolute atomic E-state index is 0.0954. The maximum Gasteiger partial charge on any atom is 0.307 e. The van der Waals surface area contributed by atoms with Crippen LogP contribution >= 0.6 is 0 Å². The van der Waals surface area contributed by atoms with Crippen molar-refractivity contribution in [1.29, 1.82) is 0 Å². The normalized spacial score (nSPS) is 12.4. The van der Waals surface area contributed by atoms with E-state index in [4.69, 9.17) is 33.2 Å². The first kappa shape index (κ1) is 48.5. The fourth-order valence-corrected chi connectivity index (χ4v) is 7.51. The first-order valence-corrected chi connectivity index (χ1v) is 20.9. The van der Waals surface area contributed by atoms with Gasteiger partial charge in [0.2, 0.25) is 0 Å². The lowest BCUT2D eigenvalue weighted by molar-refractivity contribution is -0.143. The molecule has 1 unspecified atom stereocenters. The fourth-order valence-electron chi connectivity index (χ4n) is 7.51. The van der Waals surface area contributed by atoms with Crippen LogP contribution in [0.3, 0.4) is 0 Å². The van der Waals surface area contributed by atoms with Crippen LogP contribution in [0.1, 0.15) is 75.0 Å². The average molecular weight is 863 g/mol. The first-order chi connectivity index (χ1) is 29.9. The number of benzene rings is 3. The van der Waals surface area contributed by atoms with Gasteiger partial charge in [-0.05, 0) is 44.9 Å². The van der Waals surface area contributed by atoms with Gasteiger partial charge in [0.15, 0.2) is 0 Å². The van der Waals surface area contributed by atoms with Crippen molar-refractivity contribution in [1.82, 2.24) is 0 Å².